The van der Waals surface area contributed by atoms with E-state index in [2.05, 4.69) is 20.8 Å². The predicted octanol–water partition coefficient (Wildman–Crippen LogP) is 3.93. The fourth-order valence-electron chi connectivity index (χ4n) is 4.15. The second-order valence-corrected chi connectivity index (χ2v) is 9.77. The SMILES string of the molecule is Cc1cc(C(=O)C2CCCCC2(O)O)c(C)c2c1CSC(C)(C)C2. The number of hydrogen-bond acceptors (Lipinski definition) is 4. The van der Waals surface area contributed by atoms with E-state index in [-0.39, 0.29) is 17.0 Å². The maximum atomic E-state index is 13.1. The summed E-state index contributed by atoms with van der Waals surface area (Å²) in [6.07, 6.45) is 3.45. The molecule has 24 heavy (non-hydrogen) atoms. The summed E-state index contributed by atoms with van der Waals surface area (Å²) in [6, 6.07) is 1.97. The van der Waals surface area contributed by atoms with Gasteiger partial charge in [-0.2, -0.15) is 11.8 Å². The van der Waals surface area contributed by atoms with Crippen LogP contribution >= 0.6 is 11.8 Å². The van der Waals surface area contributed by atoms with Crippen LogP contribution in [0.5, 0.6) is 0 Å². The van der Waals surface area contributed by atoms with Crippen LogP contribution in [0.15, 0.2) is 6.07 Å². The second-order valence-electron chi connectivity index (χ2n) is 8.09. The molecule has 0 spiro atoms. The Labute approximate surface area is 148 Å². The van der Waals surface area contributed by atoms with Crippen molar-refractivity contribution >= 4 is 17.5 Å². The van der Waals surface area contributed by atoms with Gasteiger partial charge < -0.3 is 10.2 Å². The van der Waals surface area contributed by atoms with Crippen molar-refractivity contribution in [1.29, 1.82) is 0 Å². The number of thioether (sulfide) groups is 1. The molecule has 3 rings (SSSR count). The summed E-state index contributed by atoms with van der Waals surface area (Å²) in [5.74, 6) is -1.68. The zero-order valence-electron chi connectivity index (χ0n) is 15.1. The van der Waals surface area contributed by atoms with Crippen LogP contribution in [0.1, 0.15) is 72.1 Å². The van der Waals surface area contributed by atoms with Crippen molar-refractivity contribution in [2.45, 2.75) is 76.1 Å². The number of carbonyl (C=O) groups excluding carboxylic acids is 1. The molecule has 2 aliphatic rings. The zero-order chi connectivity index (χ0) is 17.7. The van der Waals surface area contributed by atoms with Gasteiger partial charge in [0.25, 0.3) is 0 Å². The van der Waals surface area contributed by atoms with Crippen molar-refractivity contribution in [3.63, 3.8) is 0 Å². The molecule has 1 aliphatic heterocycles. The molecule has 1 aromatic rings. The van der Waals surface area contributed by atoms with Crippen molar-refractivity contribution in [2.75, 3.05) is 0 Å². The molecule has 1 aliphatic carbocycles. The normalized spacial score (nSPS) is 25.2. The van der Waals surface area contributed by atoms with Gasteiger partial charge >= 0.3 is 0 Å². The van der Waals surface area contributed by atoms with Crippen LogP contribution in [0.4, 0.5) is 0 Å². The van der Waals surface area contributed by atoms with Gasteiger partial charge in [0.1, 0.15) is 0 Å². The van der Waals surface area contributed by atoms with E-state index in [9.17, 15) is 15.0 Å². The van der Waals surface area contributed by atoms with E-state index in [0.717, 1.165) is 36.1 Å². The van der Waals surface area contributed by atoms with Gasteiger partial charge in [0.15, 0.2) is 11.6 Å². The first-order valence-electron chi connectivity index (χ1n) is 8.87. The second kappa shape index (κ2) is 6.15. The number of benzene rings is 1. The average molecular weight is 349 g/mol. The largest absolute Gasteiger partial charge is 0.365 e. The van der Waals surface area contributed by atoms with E-state index < -0.39 is 11.7 Å². The maximum Gasteiger partial charge on any atom is 0.172 e. The fourth-order valence-corrected chi connectivity index (χ4v) is 5.33. The Kier molecular flexibility index (Phi) is 4.61. The van der Waals surface area contributed by atoms with Crippen LogP contribution in [0.25, 0.3) is 0 Å². The smallest absolute Gasteiger partial charge is 0.172 e. The van der Waals surface area contributed by atoms with E-state index in [1.165, 1.54) is 11.1 Å². The summed E-state index contributed by atoms with van der Waals surface area (Å²) in [7, 11) is 0. The average Bonchev–Trinajstić information content (AvgIpc) is 2.49. The van der Waals surface area contributed by atoms with Crippen LogP contribution in [-0.2, 0) is 12.2 Å². The molecule has 0 aromatic heterocycles. The first-order chi connectivity index (χ1) is 11.1. The number of carbonyl (C=O) groups is 1. The molecule has 1 heterocycles. The third-order valence-corrected chi connectivity index (χ3v) is 7.05. The van der Waals surface area contributed by atoms with Crippen molar-refractivity contribution in [3.8, 4) is 0 Å². The number of fused-ring (bicyclic) bond motifs is 1. The van der Waals surface area contributed by atoms with Crippen molar-refractivity contribution in [3.05, 3.63) is 33.9 Å². The van der Waals surface area contributed by atoms with Gasteiger partial charge in [-0.15, -0.1) is 0 Å². The first-order valence-corrected chi connectivity index (χ1v) is 9.86. The lowest BCUT2D eigenvalue weighted by atomic mass is 9.76. The van der Waals surface area contributed by atoms with Gasteiger partial charge in [-0.1, -0.05) is 20.3 Å². The number of Topliss-reactive ketones (excluding diaryl/α,β-unsaturated/α-hetero) is 1. The van der Waals surface area contributed by atoms with Gasteiger partial charge in [0, 0.05) is 22.5 Å². The summed E-state index contributed by atoms with van der Waals surface area (Å²) in [5, 5.41) is 20.6. The topological polar surface area (TPSA) is 57.5 Å². The molecule has 1 unspecified atom stereocenters. The molecular formula is C20H28O3S. The van der Waals surface area contributed by atoms with Crippen molar-refractivity contribution < 1.29 is 15.0 Å². The standard InChI is InChI=1S/C20H28O3S/c1-12-9-14(18(21)17-7-5-6-8-20(17,22)23)13(2)15-10-19(3,4)24-11-16(12)15/h9,17,22-23H,5-8,10-11H2,1-4H3. The Morgan fingerprint density at radius 3 is 2.58 bits per heavy atom. The fraction of sp³-hybridized carbons (Fsp3) is 0.650. The van der Waals surface area contributed by atoms with Crippen LogP contribution < -0.4 is 0 Å². The third-order valence-electron chi connectivity index (χ3n) is 5.70. The quantitative estimate of drug-likeness (QED) is 0.628. The number of rotatable bonds is 2. The van der Waals surface area contributed by atoms with Crippen LogP contribution in [0.3, 0.4) is 0 Å². The van der Waals surface area contributed by atoms with Crippen molar-refractivity contribution in [2.24, 2.45) is 5.92 Å². The van der Waals surface area contributed by atoms with Crippen molar-refractivity contribution in [1.82, 2.24) is 0 Å². The van der Waals surface area contributed by atoms with Crippen LogP contribution in [0.2, 0.25) is 0 Å². The Bertz CT molecular complexity index is 676. The minimum Gasteiger partial charge on any atom is -0.365 e. The maximum absolute atomic E-state index is 13.1. The molecule has 1 fully saturated rings. The summed E-state index contributed by atoms with van der Waals surface area (Å²) in [5.41, 5.74) is 5.53. The summed E-state index contributed by atoms with van der Waals surface area (Å²) in [4.78, 5) is 13.1. The monoisotopic (exact) mass is 348 g/mol. The molecule has 0 saturated heterocycles. The molecule has 3 nitrogen and oxygen atoms in total. The molecule has 2 N–H and O–H groups in total. The molecule has 0 radical (unpaired) electrons. The first kappa shape index (κ1) is 18.0. The number of ketones is 1. The van der Waals surface area contributed by atoms with E-state index >= 15 is 0 Å². The highest BCUT2D eigenvalue weighted by atomic mass is 32.2. The predicted molar refractivity (Wildman–Crippen MR) is 98.5 cm³/mol. The number of hydrogen-bond donors (Lipinski definition) is 2. The van der Waals surface area contributed by atoms with E-state index in [1.54, 1.807) is 0 Å². The Hall–Kier alpha value is -0.840. The lowest BCUT2D eigenvalue weighted by Crippen LogP contribution is -2.45. The molecule has 0 amide bonds. The molecule has 1 saturated carbocycles. The number of aliphatic hydroxyl groups is 2. The Morgan fingerprint density at radius 1 is 1.21 bits per heavy atom. The lowest BCUT2D eigenvalue weighted by molar-refractivity contribution is -0.203. The Balaban J connectivity index is 2.03. The molecule has 4 heteroatoms. The highest BCUT2D eigenvalue weighted by Gasteiger charge is 2.42. The van der Waals surface area contributed by atoms with Gasteiger partial charge in [-0.05, 0) is 61.4 Å². The highest BCUT2D eigenvalue weighted by molar-refractivity contribution is 7.99. The molecule has 132 valence electrons. The zero-order valence-corrected chi connectivity index (χ0v) is 15.9. The molecular weight excluding hydrogens is 320 g/mol. The third kappa shape index (κ3) is 3.16. The van der Waals surface area contributed by atoms with Gasteiger partial charge in [-0.25, -0.2) is 0 Å². The van der Waals surface area contributed by atoms with Gasteiger partial charge in [0.05, 0.1) is 5.92 Å². The van der Waals surface area contributed by atoms with Gasteiger partial charge in [-0.3, -0.25) is 4.79 Å². The minimum absolute atomic E-state index is 0.0980. The summed E-state index contributed by atoms with van der Waals surface area (Å²) < 4.78 is 0.175. The highest BCUT2D eigenvalue weighted by Crippen LogP contribution is 2.42. The Morgan fingerprint density at radius 2 is 1.92 bits per heavy atom. The van der Waals surface area contributed by atoms with Crippen LogP contribution in [0, 0.1) is 19.8 Å². The number of aryl methyl sites for hydroxylation is 1. The minimum atomic E-state index is -1.86. The molecule has 1 atom stereocenters. The lowest BCUT2D eigenvalue weighted by Gasteiger charge is -2.36. The summed E-state index contributed by atoms with van der Waals surface area (Å²) >= 11 is 1.96. The van der Waals surface area contributed by atoms with Crippen LogP contribution in [-0.4, -0.2) is 26.5 Å². The van der Waals surface area contributed by atoms with E-state index in [0.29, 0.717) is 12.0 Å². The van der Waals surface area contributed by atoms with E-state index in [4.69, 9.17) is 0 Å². The van der Waals surface area contributed by atoms with E-state index in [1.807, 2.05) is 24.8 Å². The molecule has 1 aromatic carbocycles. The summed E-state index contributed by atoms with van der Waals surface area (Å²) in [6.45, 7) is 8.59. The van der Waals surface area contributed by atoms with Gasteiger partial charge in [0.2, 0.25) is 0 Å². The molecule has 0 bridgehead atoms.